The Labute approximate surface area is 144 Å². The zero-order valence-electron chi connectivity index (χ0n) is 13.2. The van der Waals surface area contributed by atoms with E-state index in [1.807, 2.05) is 12.1 Å². The third kappa shape index (κ3) is 4.39. The lowest BCUT2D eigenvalue weighted by molar-refractivity contribution is 0.206. The average Bonchev–Trinajstić information content (AvgIpc) is 2.63. The number of para-hydroxylation sites is 1. The number of nitrogens with one attached hydrogen (secondary N) is 1. The fourth-order valence-corrected chi connectivity index (χ4v) is 3.19. The summed E-state index contributed by atoms with van der Waals surface area (Å²) in [6, 6.07) is 12.2. The number of amides is 1. The van der Waals surface area contributed by atoms with Crippen molar-refractivity contribution in [2.75, 3.05) is 18.0 Å². The van der Waals surface area contributed by atoms with Crippen molar-refractivity contribution in [2.24, 2.45) is 0 Å². The number of hydrogen-bond acceptors (Lipinski definition) is 5. The van der Waals surface area contributed by atoms with Crippen LogP contribution in [0.1, 0.15) is 19.3 Å². The lowest BCUT2D eigenvalue weighted by Crippen LogP contribution is -2.33. The number of anilines is 1. The van der Waals surface area contributed by atoms with Crippen LogP contribution in [0.4, 0.5) is 10.6 Å². The highest BCUT2D eigenvalue weighted by atomic mass is 32.2. The number of aromatic nitrogens is 1. The number of ether oxygens (including phenoxy) is 1. The topological polar surface area (TPSA) is 77.5 Å². The van der Waals surface area contributed by atoms with Crippen molar-refractivity contribution in [1.82, 2.24) is 9.71 Å². The normalized spacial score (nSPS) is 15.6. The van der Waals surface area contributed by atoms with Crippen molar-refractivity contribution in [3.05, 3.63) is 48.7 Å². The van der Waals surface area contributed by atoms with Gasteiger partial charge in [0.25, 0.3) is 0 Å². The van der Waals surface area contributed by atoms with Crippen LogP contribution >= 0.6 is 0 Å². The first-order valence-electron chi connectivity index (χ1n) is 7.89. The van der Waals surface area contributed by atoms with Crippen molar-refractivity contribution >= 4 is 23.3 Å². The maximum atomic E-state index is 12.2. The van der Waals surface area contributed by atoms with Gasteiger partial charge in [-0.1, -0.05) is 18.2 Å². The number of carbonyl (C=O) groups excluding carboxylic acids is 1. The van der Waals surface area contributed by atoms with Gasteiger partial charge in [-0.25, -0.2) is 9.78 Å². The Bertz CT molecular complexity index is 661. The van der Waals surface area contributed by atoms with Gasteiger partial charge in [0.1, 0.15) is 22.9 Å². The molecule has 1 aliphatic heterocycles. The molecule has 6 nitrogen and oxygen atoms in total. The summed E-state index contributed by atoms with van der Waals surface area (Å²) in [6.07, 6.45) is 4.36. The summed E-state index contributed by atoms with van der Waals surface area (Å²) in [5.41, 5.74) is 0. The van der Waals surface area contributed by atoms with Crippen LogP contribution in [0.3, 0.4) is 0 Å². The maximum Gasteiger partial charge on any atom is 0.454 e. The molecule has 0 saturated carbocycles. The third-order valence-electron chi connectivity index (χ3n) is 3.74. The lowest BCUT2D eigenvalue weighted by Gasteiger charge is -2.27. The van der Waals surface area contributed by atoms with Gasteiger partial charge < -0.3 is 14.2 Å². The molecule has 1 aliphatic rings. The van der Waals surface area contributed by atoms with E-state index in [1.165, 1.54) is 25.5 Å². The first-order chi connectivity index (χ1) is 11.7. The van der Waals surface area contributed by atoms with E-state index in [1.54, 1.807) is 30.3 Å². The van der Waals surface area contributed by atoms with Gasteiger partial charge in [-0.05, 0) is 37.5 Å². The summed E-state index contributed by atoms with van der Waals surface area (Å²) in [7, 11) is 0. The van der Waals surface area contributed by atoms with Crippen LogP contribution in [0.2, 0.25) is 0 Å². The highest BCUT2D eigenvalue weighted by molar-refractivity contribution is 7.90. The van der Waals surface area contributed by atoms with E-state index in [2.05, 4.69) is 14.6 Å². The van der Waals surface area contributed by atoms with E-state index in [4.69, 9.17) is 4.74 Å². The molecule has 1 fully saturated rings. The molecule has 126 valence electrons. The fraction of sp³-hybridized carbons (Fsp3) is 0.294. The monoisotopic (exact) mass is 345 g/mol. The van der Waals surface area contributed by atoms with Gasteiger partial charge in [-0.2, -0.15) is 0 Å². The molecule has 2 heterocycles. The van der Waals surface area contributed by atoms with Gasteiger partial charge in [-0.3, -0.25) is 0 Å². The molecular formula is C17H19N3O3S. The van der Waals surface area contributed by atoms with E-state index in [0.717, 1.165) is 18.9 Å². The molecule has 0 bridgehead atoms. The van der Waals surface area contributed by atoms with Crippen molar-refractivity contribution in [3.8, 4) is 5.75 Å². The Morgan fingerprint density at radius 3 is 2.54 bits per heavy atom. The second-order valence-corrected chi connectivity index (χ2v) is 6.69. The van der Waals surface area contributed by atoms with Crippen LogP contribution in [0.15, 0.2) is 53.6 Å². The van der Waals surface area contributed by atoms with Gasteiger partial charge in [0.2, 0.25) is 0 Å². The predicted octanol–water partition coefficient (Wildman–Crippen LogP) is 2.88. The number of carbonyl (C=O) groups is 1. The maximum absolute atomic E-state index is 12.2. The number of rotatable bonds is 4. The molecule has 1 atom stereocenters. The molecule has 1 unspecified atom stereocenters. The summed E-state index contributed by atoms with van der Waals surface area (Å²) in [5, 5.41) is 0. The molecular weight excluding hydrogens is 326 g/mol. The van der Waals surface area contributed by atoms with Crippen LogP contribution in [0.5, 0.6) is 5.75 Å². The summed E-state index contributed by atoms with van der Waals surface area (Å²) >= 11 is -1.71. The molecule has 7 heteroatoms. The molecule has 1 aromatic heterocycles. The SMILES string of the molecule is O=C(N[S+]([O-])c1ccc(N2CCCCC2)nc1)Oc1ccccc1. The fourth-order valence-electron chi connectivity index (χ4n) is 2.54. The predicted molar refractivity (Wildman–Crippen MR) is 92.3 cm³/mol. The highest BCUT2D eigenvalue weighted by Gasteiger charge is 2.19. The Hall–Kier alpha value is -2.25. The van der Waals surface area contributed by atoms with E-state index in [-0.39, 0.29) is 0 Å². The summed E-state index contributed by atoms with van der Waals surface area (Å²) < 4.78 is 19.5. The van der Waals surface area contributed by atoms with E-state index in [9.17, 15) is 9.35 Å². The minimum Gasteiger partial charge on any atom is -0.588 e. The van der Waals surface area contributed by atoms with Gasteiger partial charge in [0.05, 0.1) is 6.20 Å². The van der Waals surface area contributed by atoms with Gasteiger partial charge in [0.15, 0.2) is 4.90 Å². The molecule has 1 aromatic carbocycles. The van der Waals surface area contributed by atoms with E-state index < -0.39 is 17.5 Å². The highest BCUT2D eigenvalue weighted by Crippen LogP contribution is 2.19. The van der Waals surface area contributed by atoms with Gasteiger partial charge in [0, 0.05) is 19.2 Å². The van der Waals surface area contributed by atoms with E-state index >= 15 is 0 Å². The van der Waals surface area contributed by atoms with Crippen molar-refractivity contribution in [1.29, 1.82) is 0 Å². The second kappa shape index (κ2) is 8.03. The van der Waals surface area contributed by atoms with Crippen molar-refractivity contribution in [2.45, 2.75) is 24.2 Å². The molecule has 0 aliphatic carbocycles. The minimum atomic E-state index is -1.71. The standard InChI is InChI=1S/C17H19N3O3S/c21-17(23-14-7-3-1-4-8-14)19-24(22)15-9-10-16(18-13-15)20-11-5-2-6-12-20/h1,3-4,7-10,13H,2,5-6,11-12H2,(H,19,21). The van der Waals surface area contributed by atoms with Crippen LogP contribution in [0.25, 0.3) is 0 Å². The second-order valence-electron chi connectivity index (χ2n) is 5.47. The summed E-state index contributed by atoms with van der Waals surface area (Å²) in [4.78, 5) is 18.8. The zero-order chi connectivity index (χ0) is 16.8. The minimum absolute atomic E-state index is 0.394. The van der Waals surface area contributed by atoms with Crippen LogP contribution in [-0.4, -0.2) is 28.7 Å². The quantitative estimate of drug-likeness (QED) is 0.862. The molecule has 2 aromatic rings. The zero-order valence-corrected chi connectivity index (χ0v) is 14.0. The first kappa shape index (κ1) is 16.6. The molecule has 1 N–H and O–H groups in total. The molecule has 1 saturated heterocycles. The van der Waals surface area contributed by atoms with Gasteiger partial charge >= 0.3 is 6.09 Å². The Morgan fingerprint density at radius 1 is 1.12 bits per heavy atom. The van der Waals surface area contributed by atoms with Crippen molar-refractivity contribution < 1.29 is 14.1 Å². The molecule has 0 spiro atoms. The van der Waals surface area contributed by atoms with Crippen LogP contribution in [0, 0.1) is 0 Å². The lowest BCUT2D eigenvalue weighted by atomic mass is 10.1. The van der Waals surface area contributed by atoms with Crippen molar-refractivity contribution in [3.63, 3.8) is 0 Å². The van der Waals surface area contributed by atoms with Crippen LogP contribution < -0.4 is 14.4 Å². The number of pyridine rings is 1. The van der Waals surface area contributed by atoms with Gasteiger partial charge in [-0.15, -0.1) is 4.72 Å². The Kier molecular flexibility index (Phi) is 5.55. The molecule has 1 amide bonds. The third-order valence-corrected chi connectivity index (χ3v) is 4.77. The first-order valence-corrected chi connectivity index (χ1v) is 9.04. The number of benzene rings is 1. The number of piperidine rings is 1. The Morgan fingerprint density at radius 2 is 1.88 bits per heavy atom. The molecule has 24 heavy (non-hydrogen) atoms. The average molecular weight is 345 g/mol. The molecule has 0 radical (unpaired) electrons. The van der Waals surface area contributed by atoms with E-state index in [0.29, 0.717) is 10.6 Å². The Balaban J connectivity index is 1.56. The van der Waals surface area contributed by atoms with Crippen LogP contribution in [-0.2, 0) is 11.4 Å². The molecule has 3 rings (SSSR count). The summed E-state index contributed by atoms with van der Waals surface area (Å²) in [6.45, 7) is 1.99. The summed E-state index contributed by atoms with van der Waals surface area (Å²) in [5.74, 6) is 1.27. The largest absolute Gasteiger partial charge is 0.588 e. The number of hydrogen-bond donors (Lipinski definition) is 1. The number of nitrogens with zero attached hydrogens (tertiary/aromatic N) is 2. The smallest absolute Gasteiger partial charge is 0.454 e.